The number of nitrogens with zero attached hydrogens (tertiary/aromatic N) is 1. The van der Waals surface area contributed by atoms with E-state index in [0.29, 0.717) is 13.2 Å². The number of hydrogen-bond donors (Lipinski definition) is 3. The number of nitrogens with two attached hydrogens (primary N) is 2. The van der Waals surface area contributed by atoms with Crippen LogP contribution in [0.3, 0.4) is 0 Å². The number of hydrazine groups is 1. The van der Waals surface area contributed by atoms with Crippen molar-refractivity contribution in [2.24, 2.45) is 11.6 Å². The summed E-state index contributed by atoms with van der Waals surface area (Å²) in [4.78, 5) is 0. The van der Waals surface area contributed by atoms with Gasteiger partial charge in [-0.15, -0.1) is 0 Å². The molecular weight excluding hydrogens is 180 g/mol. The van der Waals surface area contributed by atoms with Crippen LogP contribution in [0.25, 0.3) is 0 Å². The van der Waals surface area contributed by atoms with E-state index in [1.165, 1.54) is 0 Å². The lowest BCUT2D eigenvalue weighted by Crippen LogP contribution is -2.44. The summed E-state index contributed by atoms with van der Waals surface area (Å²) in [6.45, 7) is 0.796. The minimum absolute atomic E-state index is 0.165. The van der Waals surface area contributed by atoms with Crippen LogP contribution in [0.15, 0.2) is 30.3 Å². The highest BCUT2D eigenvalue weighted by molar-refractivity contribution is 5.73. The minimum atomic E-state index is -0.165. The Morgan fingerprint density at radius 3 is 2.57 bits per heavy atom. The molecule has 5 heteroatoms. The molecule has 0 fully saturated rings. The van der Waals surface area contributed by atoms with Crippen molar-refractivity contribution in [2.45, 2.75) is 0 Å². The molecule has 0 aliphatic heterocycles. The zero-order valence-corrected chi connectivity index (χ0v) is 7.81. The summed E-state index contributed by atoms with van der Waals surface area (Å²) < 4.78 is 5.35. The highest BCUT2D eigenvalue weighted by atomic mass is 16.5. The fourth-order valence-electron chi connectivity index (χ4n) is 0.899. The summed E-state index contributed by atoms with van der Waals surface area (Å²) >= 11 is 0. The first-order valence-electron chi connectivity index (χ1n) is 4.24. The van der Waals surface area contributed by atoms with Crippen molar-refractivity contribution in [2.75, 3.05) is 13.2 Å². The third-order valence-corrected chi connectivity index (χ3v) is 1.65. The van der Waals surface area contributed by atoms with Gasteiger partial charge in [0.15, 0.2) is 0 Å². The molecule has 5 N–H and O–H groups in total. The zero-order chi connectivity index (χ0) is 10.4. The summed E-state index contributed by atoms with van der Waals surface area (Å²) in [5, 5.41) is 8.13. The van der Waals surface area contributed by atoms with Crippen molar-refractivity contribution in [3.63, 3.8) is 0 Å². The number of hydrogen-bond acceptors (Lipinski definition) is 3. The Balaban J connectivity index is 2.26. The first kappa shape index (κ1) is 10.3. The molecule has 1 rings (SSSR count). The Kier molecular flexibility index (Phi) is 3.75. The Labute approximate surface area is 82.7 Å². The van der Waals surface area contributed by atoms with Gasteiger partial charge in [-0.05, 0) is 12.1 Å². The molecular formula is C9H14N4O. The van der Waals surface area contributed by atoms with E-state index in [1.54, 1.807) is 0 Å². The third kappa shape index (κ3) is 3.32. The molecule has 0 heterocycles. The van der Waals surface area contributed by atoms with E-state index < -0.39 is 0 Å². The van der Waals surface area contributed by atoms with Crippen LogP contribution in [0.4, 0.5) is 0 Å². The average molecular weight is 194 g/mol. The van der Waals surface area contributed by atoms with Gasteiger partial charge in [0.1, 0.15) is 12.4 Å². The molecule has 0 radical (unpaired) electrons. The predicted molar refractivity (Wildman–Crippen MR) is 54.7 cm³/mol. The predicted octanol–water partition coefficient (Wildman–Crippen LogP) is 0.135. The number of para-hydroxylation sites is 1. The molecule has 0 amide bonds. The van der Waals surface area contributed by atoms with E-state index in [2.05, 4.69) is 0 Å². The van der Waals surface area contributed by atoms with Gasteiger partial charge in [0.25, 0.3) is 0 Å². The second-order valence-corrected chi connectivity index (χ2v) is 2.74. The van der Waals surface area contributed by atoms with Crippen LogP contribution in [0, 0.1) is 5.41 Å². The summed E-state index contributed by atoms with van der Waals surface area (Å²) in [5.41, 5.74) is 5.14. The van der Waals surface area contributed by atoms with E-state index in [-0.39, 0.29) is 5.96 Å². The summed E-state index contributed by atoms with van der Waals surface area (Å²) in [6.07, 6.45) is 0. The zero-order valence-electron chi connectivity index (χ0n) is 7.81. The lowest BCUT2D eigenvalue weighted by molar-refractivity contribution is 0.269. The normalized spacial score (nSPS) is 9.50. The molecule has 0 saturated heterocycles. The number of guanidine groups is 1. The van der Waals surface area contributed by atoms with Crippen LogP contribution < -0.4 is 16.3 Å². The second-order valence-electron chi connectivity index (χ2n) is 2.74. The Bertz CT molecular complexity index is 288. The highest BCUT2D eigenvalue weighted by Gasteiger charge is 1.99. The van der Waals surface area contributed by atoms with Gasteiger partial charge in [0.05, 0.1) is 6.54 Å². The quantitative estimate of drug-likeness (QED) is 0.275. The van der Waals surface area contributed by atoms with Crippen molar-refractivity contribution in [3.05, 3.63) is 30.3 Å². The van der Waals surface area contributed by atoms with Crippen LogP contribution in [0.5, 0.6) is 5.75 Å². The van der Waals surface area contributed by atoms with E-state index in [1.807, 2.05) is 30.3 Å². The number of rotatable bonds is 4. The van der Waals surface area contributed by atoms with Gasteiger partial charge in [-0.1, -0.05) is 18.2 Å². The molecule has 0 aromatic heterocycles. The average Bonchev–Trinajstić information content (AvgIpc) is 2.19. The maximum atomic E-state index is 7.01. The van der Waals surface area contributed by atoms with E-state index in [9.17, 15) is 0 Å². The van der Waals surface area contributed by atoms with Crippen molar-refractivity contribution in [1.29, 1.82) is 5.41 Å². The van der Waals surface area contributed by atoms with Gasteiger partial charge in [0, 0.05) is 0 Å². The van der Waals surface area contributed by atoms with Crippen LogP contribution in [0.1, 0.15) is 0 Å². The Morgan fingerprint density at radius 1 is 1.36 bits per heavy atom. The maximum absolute atomic E-state index is 7.01. The number of ether oxygens (including phenoxy) is 1. The SMILES string of the molecule is N=C(N)N(N)CCOc1ccccc1. The molecule has 0 aliphatic rings. The van der Waals surface area contributed by atoms with Crippen LogP contribution in [-0.2, 0) is 0 Å². The van der Waals surface area contributed by atoms with E-state index in [0.717, 1.165) is 10.8 Å². The maximum Gasteiger partial charge on any atom is 0.202 e. The van der Waals surface area contributed by atoms with Crippen molar-refractivity contribution >= 4 is 5.96 Å². The molecule has 0 unspecified atom stereocenters. The molecule has 0 bridgehead atoms. The summed E-state index contributed by atoms with van der Waals surface area (Å²) in [6, 6.07) is 9.40. The Morgan fingerprint density at radius 2 is 2.00 bits per heavy atom. The molecule has 0 spiro atoms. The van der Waals surface area contributed by atoms with Crippen LogP contribution >= 0.6 is 0 Å². The van der Waals surface area contributed by atoms with Crippen LogP contribution in [-0.4, -0.2) is 24.1 Å². The van der Waals surface area contributed by atoms with Gasteiger partial charge in [-0.2, -0.15) is 0 Å². The molecule has 0 saturated carbocycles. The van der Waals surface area contributed by atoms with Crippen molar-refractivity contribution in [3.8, 4) is 5.75 Å². The largest absolute Gasteiger partial charge is 0.492 e. The number of nitrogens with one attached hydrogen (secondary N) is 1. The molecule has 5 nitrogen and oxygen atoms in total. The summed E-state index contributed by atoms with van der Waals surface area (Å²) in [5.74, 6) is 6.00. The Hall–Kier alpha value is -1.75. The third-order valence-electron chi connectivity index (χ3n) is 1.65. The van der Waals surface area contributed by atoms with Gasteiger partial charge in [0.2, 0.25) is 5.96 Å². The standard InChI is InChI=1S/C9H14N4O/c10-9(11)13(12)6-7-14-8-4-2-1-3-5-8/h1-5H,6-7,12H2,(H3,10,11). The lowest BCUT2D eigenvalue weighted by atomic mass is 10.3. The van der Waals surface area contributed by atoms with Crippen LogP contribution in [0.2, 0.25) is 0 Å². The van der Waals surface area contributed by atoms with Gasteiger partial charge in [-0.3, -0.25) is 10.4 Å². The first-order valence-corrected chi connectivity index (χ1v) is 4.24. The van der Waals surface area contributed by atoms with E-state index in [4.69, 9.17) is 21.7 Å². The van der Waals surface area contributed by atoms with Gasteiger partial charge >= 0.3 is 0 Å². The smallest absolute Gasteiger partial charge is 0.202 e. The van der Waals surface area contributed by atoms with Crippen molar-refractivity contribution in [1.82, 2.24) is 5.01 Å². The molecule has 1 aromatic rings. The highest BCUT2D eigenvalue weighted by Crippen LogP contribution is 2.07. The lowest BCUT2D eigenvalue weighted by Gasteiger charge is -2.15. The van der Waals surface area contributed by atoms with E-state index >= 15 is 0 Å². The van der Waals surface area contributed by atoms with Crippen molar-refractivity contribution < 1.29 is 4.74 Å². The summed E-state index contributed by atoms with van der Waals surface area (Å²) in [7, 11) is 0. The number of benzene rings is 1. The molecule has 76 valence electrons. The first-order chi connectivity index (χ1) is 6.70. The van der Waals surface area contributed by atoms with Gasteiger partial charge in [-0.25, -0.2) is 5.84 Å². The molecule has 1 aromatic carbocycles. The molecule has 14 heavy (non-hydrogen) atoms. The monoisotopic (exact) mass is 194 g/mol. The fraction of sp³-hybridized carbons (Fsp3) is 0.222. The second kappa shape index (κ2) is 5.08. The minimum Gasteiger partial charge on any atom is -0.492 e. The topological polar surface area (TPSA) is 88.4 Å². The van der Waals surface area contributed by atoms with Gasteiger partial charge < -0.3 is 10.5 Å². The molecule has 0 aliphatic carbocycles. The molecule has 0 atom stereocenters. The fourth-order valence-corrected chi connectivity index (χ4v) is 0.899.